The first-order chi connectivity index (χ1) is 8.63. The highest BCUT2D eigenvalue weighted by molar-refractivity contribution is 9.10. The van der Waals surface area contributed by atoms with Crippen molar-refractivity contribution in [2.75, 3.05) is 19.8 Å². The first-order valence-corrected chi connectivity index (χ1v) is 7.25. The molecule has 0 aromatic heterocycles. The second kappa shape index (κ2) is 7.64. The van der Waals surface area contributed by atoms with Crippen molar-refractivity contribution in [1.82, 2.24) is 5.32 Å². The highest BCUT2D eigenvalue weighted by atomic mass is 79.9. The van der Waals surface area contributed by atoms with Crippen LogP contribution in [0.1, 0.15) is 39.3 Å². The zero-order valence-corrected chi connectivity index (χ0v) is 13.1. The van der Waals surface area contributed by atoms with Crippen LogP contribution in [0.15, 0.2) is 16.6 Å². The number of hydrogen-bond acceptors (Lipinski definition) is 3. The van der Waals surface area contributed by atoms with Gasteiger partial charge in [0.2, 0.25) is 0 Å². The van der Waals surface area contributed by atoms with Gasteiger partial charge < -0.3 is 14.8 Å². The molecular weight excluding hydrogens is 294 g/mol. The van der Waals surface area contributed by atoms with Crippen LogP contribution in [0, 0.1) is 0 Å². The van der Waals surface area contributed by atoms with Gasteiger partial charge in [-0.15, -0.1) is 0 Å². The van der Waals surface area contributed by atoms with Crippen molar-refractivity contribution in [1.29, 1.82) is 0 Å². The third-order valence-corrected chi connectivity index (χ3v) is 3.33. The Hall–Kier alpha value is -0.740. The van der Waals surface area contributed by atoms with Gasteiger partial charge in [0.1, 0.15) is 0 Å². The first-order valence-electron chi connectivity index (χ1n) is 6.46. The summed E-state index contributed by atoms with van der Waals surface area (Å²) in [4.78, 5) is 0. The molecule has 1 rings (SSSR count). The molecule has 0 aliphatic rings. The fraction of sp³-hybridized carbons (Fsp3) is 0.571. The van der Waals surface area contributed by atoms with Crippen molar-refractivity contribution in [3.05, 3.63) is 22.2 Å². The second-order valence-electron chi connectivity index (χ2n) is 3.97. The average molecular weight is 316 g/mol. The highest BCUT2D eigenvalue weighted by Gasteiger charge is 2.14. The largest absolute Gasteiger partial charge is 0.490 e. The van der Waals surface area contributed by atoms with E-state index in [4.69, 9.17) is 9.47 Å². The van der Waals surface area contributed by atoms with Gasteiger partial charge in [0.25, 0.3) is 0 Å². The van der Waals surface area contributed by atoms with Crippen LogP contribution in [0.5, 0.6) is 11.5 Å². The number of halogens is 1. The molecule has 1 aromatic rings. The molecule has 0 bridgehead atoms. The molecular formula is C14H22BrNO2. The Balaban J connectivity index is 3.09. The Kier molecular flexibility index (Phi) is 6.50. The van der Waals surface area contributed by atoms with Gasteiger partial charge in [-0.1, -0.05) is 22.9 Å². The molecule has 1 aromatic carbocycles. The standard InChI is InChI=1S/C14H22BrNO2/c1-5-16-10(4)11-8-13(17-6-2)14(18-7-3)9-12(11)15/h8-10,16H,5-7H2,1-4H3. The number of hydrogen-bond donors (Lipinski definition) is 1. The maximum Gasteiger partial charge on any atom is 0.162 e. The van der Waals surface area contributed by atoms with Crippen LogP contribution in [-0.2, 0) is 0 Å². The summed E-state index contributed by atoms with van der Waals surface area (Å²) in [5, 5.41) is 3.40. The van der Waals surface area contributed by atoms with Gasteiger partial charge in [0, 0.05) is 10.5 Å². The minimum atomic E-state index is 0.277. The van der Waals surface area contributed by atoms with Crippen molar-refractivity contribution < 1.29 is 9.47 Å². The molecule has 18 heavy (non-hydrogen) atoms. The van der Waals surface area contributed by atoms with E-state index >= 15 is 0 Å². The zero-order valence-electron chi connectivity index (χ0n) is 11.5. The minimum Gasteiger partial charge on any atom is -0.490 e. The highest BCUT2D eigenvalue weighted by Crippen LogP contribution is 2.36. The number of rotatable bonds is 7. The van der Waals surface area contributed by atoms with Gasteiger partial charge in [-0.05, 0) is 45.0 Å². The zero-order chi connectivity index (χ0) is 13.5. The molecule has 4 heteroatoms. The van der Waals surface area contributed by atoms with Crippen molar-refractivity contribution in [2.45, 2.75) is 33.7 Å². The lowest BCUT2D eigenvalue weighted by atomic mass is 10.1. The predicted molar refractivity (Wildman–Crippen MR) is 78.6 cm³/mol. The maximum atomic E-state index is 5.64. The van der Waals surface area contributed by atoms with Crippen LogP contribution in [0.25, 0.3) is 0 Å². The van der Waals surface area contributed by atoms with E-state index in [-0.39, 0.29) is 6.04 Å². The minimum absolute atomic E-state index is 0.277. The van der Waals surface area contributed by atoms with Crippen molar-refractivity contribution in [2.24, 2.45) is 0 Å². The summed E-state index contributed by atoms with van der Waals surface area (Å²) in [5.74, 6) is 1.60. The van der Waals surface area contributed by atoms with Gasteiger partial charge >= 0.3 is 0 Å². The molecule has 0 saturated carbocycles. The van der Waals surface area contributed by atoms with Gasteiger partial charge in [0.05, 0.1) is 13.2 Å². The third-order valence-electron chi connectivity index (χ3n) is 2.64. The lowest BCUT2D eigenvalue weighted by Gasteiger charge is -2.18. The van der Waals surface area contributed by atoms with Gasteiger partial charge in [-0.2, -0.15) is 0 Å². The van der Waals surface area contributed by atoms with Gasteiger partial charge in [0.15, 0.2) is 11.5 Å². The maximum absolute atomic E-state index is 5.64. The quantitative estimate of drug-likeness (QED) is 0.827. The summed E-state index contributed by atoms with van der Waals surface area (Å²) in [6.45, 7) is 10.4. The molecule has 0 saturated heterocycles. The van der Waals surface area contributed by atoms with Crippen molar-refractivity contribution >= 4 is 15.9 Å². The molecule has 1 N–H and O–H groups in total. The summed E-state index contributed by atoms with van der Waals surface area (Å²) < 4.78 is 12.3. The van der Waals surface area contributed by atoms with Crippen LogP contribution in [0.4, 0.5) is 0 Å². The molecule has 0 spiro atoms. The van der Waals surface area contributed by atoms with Gasteiger partial charge in [-0.25, -0.2) is 0 Å². The predicted octanol–water partition coefficient (Wildman–Crippen LogP) is 3.92. The van der Waals surface area contributed by atoms with Crippen LogP contribution in [0.2, 0.25) is 0 Å². The monoisotopic (exact) mass is 315 g/mol. The normalized spacial score (nSPS) is 12.3. The molecule has 0 radical (unpaired) electrons. The molecule has 3 nitrogen and oxygen atoms in total. The Morgan fingerprint density at radius 1 is 1.11 bits per heavy atom. The van der Waals surface area contributed by atoms with Gasteiger partial charge in [-0.3, -0.25) is 0 Å². The number of benzene rings is 1. The van der Waals surface area contributed by atoms with E-state index in [1.54, 1.807) is 0 Å². The van der Waals surface area contributed by atoms with E-state index < -0.39 is 0 Å². The molecule has 0 aliphatic heterocycles. The van der Waals surface area contributed by atoms with E-state index in [1.807, 2.05) is 26.0 Å². The van der Waals surface area contributed by atoms with Crippen LogP contribution in [-0.4, -0.2) is 19.8 Å². The van der Waals surface area contributed by atoms with Crippen molar-refractivity contribution in [3.8, 4) is 11.5 Å². The van der Waals surface area contributed by atoms with E-state index in [0.29, 0.717) is 13.2 Å². The first kappa shape index (κ1) is 15.3. The summed E-state index contributed by atoms with van der Waals surface area (Å²) in [7, 11) is 0. The molecule has 1 atom stereocenters. The summed E-state index contributed by atoms with van der Waals surface area (Å²) >= 11 is 3.60. The smallest absolute Gasteiger partial charge is 0.162 e. The lowest BCUT2D eigenvalue weighted by molar-refractivity contribution is 0.287. The number of ether oxygens (including phenoxy) is 2. The van der Waals surface area contributed by atoms with Crippen LogP contribution in [0.3, 0.4) is 0 Å². The summed E-state index contributed by atoms with van der Waals surface area (Å²) in [5.41, 5.74) is 1.18. The van der Waals surface area contributed by atoms with Crippen molar-refractivity contribution in [3.63, 3.8) is 0 Å². The number of nitrogens with one attached hydrogen (secondary N) is 1. The Labute approximate surface area is 118 Å². The fourth-order valence-corrected chi connectivity index (χ4v) is 2.50. The molecule has 0 fully saturated rings. The molecule has 102 valence electrons. The summed E-state index contributed by atoms with van der Waals surface area (Å²) in [6.07, 6.45) is 0. The lowest BCUT2D eigenvalue weighted by Crippen LogP contribution is -2.18. The molecule has 0 heterocycles. The molecule has 1 unspecified atom stereocenters. The second-order valence-corrected chi connectivity index (χ2v) is 4.82. The topological polar surface area (TPSA) is 30.5 Å². The average Bonchev–Trinajstić information content (AvgIpc) is 2.33. The molecule has 0 aliphatic carbocycles. The third kappa shape index (κ3) is 3.89. The molecule has 0 amide bonds. The fourth-order valence-electron chi connectivity index (χ4n) is 1.84. The van der Waals surface area contributed by atoms with E-state index in [2.05, 4.69) is 35.1 Å². The van der Waals surface area contributed by atoms with Crippen LogP contribution < -0.4 is 14.8 Å². The Bertz CT molecular complexity index is 382. The SMILES string of the molecule is CCNC(C)c1cc(OCC)c(OCC)cc1Br. The van der Waals surface area contributed by atoms with E-state index in [9.17, 15) is 0 Å². The van der Waals surface area contributed by atoms with E-state index in [1.165, 1.54) is 5.56 Å². The Morgan fingerprint density at radius 2 is 1.67 bits per heavy atom. The summed E-state index contributed by atoms with van der Waals surface area (Å²) in [6, 6.07) is 4.31. The Morgan fingerprint density at radius 3 is 2.17 bits per heavy atom. The van der Waals surface area contributed by atoms with E-state index in [0.717, 1.165) is 22.5 Å². The van der Waals surface area contributed by atoms with Crippen LogP contribution >= 0.6 is 15.9 Å².